The molecule has 68 valence electrons. The molecule has 1 saturated heterocycles. The van der Waals surface area contributed by atoms with Gasteiger partial charge in [-0.2, -0.15) is 0 Å². The second-order valence-electron chi connectivity index (χ2n) is 3.81. The van der Waals surface area contributed by atoms with Gasteiger partial charge < -0.3 is 10.1 Å². The van der Waals surface area contributed by atoms with Crippen molar-refractivity contribution in [2.45, 2.75) is 25.3 Å². The van der Waals surface area contributed by atoms with E-state index in [9.17, 15) is 4.79 Å². The van der Waals surface area contributed by atoms with Crippen LogP contribution in [0.25, 0.3) is 0 Å². The number of methoxy groups -OCH3 is 1. The molecule has 1 aliphatic carbocycles. The molecular weight excluding hydrogens is 154 g/mol. The number of esters is 1. The fraction of sp³-hybridized carbons (Fsp3) is 0.889. The van der Waals surface area contributed by atoms with Crippen LogP contribution in [-0.2, 0) is 9.53 Å². The fourth-order valence-corrected chi connectivity index (χ4v) is 1.97. The third kappa shape index (κ3) is 1.46. The van der Waals surface area contributed by atoms with Gasteiger partial charge in [-0.1, -0.05) is 0 Å². The lowest BCUT2D eigenvalue weighted by molar-refractivity contribution is -0.144. The van der Waals surface area contributed by atoms with Gasteiger partial charge in [0.25, 0.3) is 0 Å². The zero-order valence-corrected chi connectivity index (χ0v) is 7.38. The Morgan fingerprint density at radius 2 is 2.25 bits per heavy atom. The fourth-order valence-electron chi connectivity index (χ4n) is 1.97. The van der Waals surface area contributed by atoms with Crippen LogP contribution in [0.4, 0.5) is 0 Å². The summed E-state index contributed by atoms with van der Waals surface area (Å²) >= 11 is 0. The molecule has 1 N–H and O–H groups in total. The van der Waals surface area contributed by atoms with Crippen molar-refractivity contribution in [3.8, 4) is 0 Å². The normalized spacial score (nSPS) is 35.1. The van der Waals surface area contributed by atoms with Gasteiger partial charge in [0.05, 0.1) is 13.0 Å². The van der Waals surface area contributed by atoms with Crippen molar-refractivity contribution in [3.63, 3.8) is 0 Å². The summed E-state index contributed by atoms with van der Waals surface area (Å²) in [7, 11) is 1.47. The van der Waals surface area contributed by atoms with Crippen LogP contribution in [0.1, 0.15) is 19.3 Å². The van der Waals surface area contributed by atoms with Gasteiger partial charge in [0, 0.05) is 12.6 Å². The van der Waals surface area contributed by atoms with E-state index in [1.54, 1.807) is 0 Å². The van der Waals surface area contributed by atoms with E-state index in [2.05, 4.69) is 5.32 Å². The molecule has 2 aliphatic rings. The molecule has 0 aromatic rings. The average molecular weight is 169 g/mol. The van der Waals surface area contributed by atoms with E-state index < -0.39 is 0 Å². The predicted molar refractivity (Wildman–Crippen MR) is 44.6 cm³/mol. The molecule has 12 heavy (non-hydrogen) atoms. The number of ether oxygens (including phenoxy) is 1. The summed E-state index contributed by atoms with van der Waals surface area (Å²) in [6, 6.07) is 0.592. The minimum absolute atomic E-state index is 0.0503. The minimum Gasteiger partial charge on any atom is -0.469 e. The molecule has 0 radical (unpaired) electrons. The highest BCUT2D eigenvalue weighted by molar-refractivity contribution is 5.73. The van der Waals surface area contributed by atoms with Crippen molar-refractivity contribution in [3.05, 3.63) is 0 Å². The molecule has 0 aromatic heterocycles. The van der Waals surface area contributed by atoms with Crippen molar-refractivity contribution in [1.29, 1.82) is 0 Å². The second kappa shape index (κ2) is 3.05. The summed E-state index contributed by atoms with van der Waals surface area (Å²) in [6.45, 7) is 0.813. The Balaban J connectivity index is 1.84. The molecule has 1 aliphatic heterocycles. The van der Waals surface area contributed by atoms with Crippen molar-refractivity contribution in [2.24, 2.45) is 11.8 Å². The Morgan fingerprint density at radius 1 is 1.50 bits per heavy atom. The van der Waals surface area contributed by atoms with E-state index in [1.807, 2.05) is 0 Å². The zero-order chi connectivity index (χ0) is 8.55. The Hall–Kier alpha value is -0.570. The first kappa shape index (κ1) is 8.05. The highest BCUT2D eigenvalue weighted by Gasteiger charge is 2.38. The number of hydrogen-bond acceptors (Lipinski definition) is 3. The maximum atomic E-state index is 11.1. The van der Waals surface area contributed by atoms with Gasteiger partial charge in [0.1, 0.15) is 0 Å². The quantitative estimate of drug-likeness (QED) is 0.613. The van der Waals surface area contributed by atoms with Crippen LogP contribution in [0.2, 0.25) is 0 Å². The van der Waals surface area contributed by atoms with Crippen molar-refractivity contribution < 1.29 is 9.53 Å². The van der Waals surface area contributed by atoms with Crippen LogP contribution >= 0.6 is 0 Å². The molecule has 0 bridgehead atoms. The number of hydrogen-bond donors (Lipinski definition) is 1. The van der Waals surface area contributed by atoms with E-state index in [-0.39, 0.29) is 11.9 Å². The Morgan fingerprint density at radius 3 is 2.83 bits per heavy atom. The molecule has 3 heteroatoms. The van der Waals surface area contributed by atoms with Gasteiger partial charge in [-0.25, -0.2) is 0 Å². The lowest BCUT2D eigenvalue weighted by atomic mass is 10.0. The molecular formula is C9H15NO2. The Labute approximate surface area is 72.5 Å². The highest BCUT2D eigenvalue weighted by Crippen LogP contribution is 2.37. The van der Waals surface area contributed by atoms with E-state index in [4.69, 9.17) is 4.74 Å². The summed E-state index contributed by atoms with van der Waals surface area (Å²) in [5.41, 5.74) is 0. The van der Waals surface area contributed by atoms with Crippen molar-refractivity contribution in [1.82, 2.24) is 5.32 Å². The smallest absolute Gasteiger partial charge is 0.310 e. The van der Waals surface area contributed by atoms with Crippen LogP contribution in [0.3, 0.4) is 0 Å². The second-order valence-corrected chi connectivity index (χ2v) is 3.81. The van der Waals surface area contributed by atoms with Gasteiger partial charge >= 0.3 is 5.97 Å². The number of carbonyl (C=O) groups excluding carboxylic acids is 1. The molecule has 0 aromatic carbocycles. The van der Waals surface area contributed by atoms with E-state index in [0.717, 1.165) is 18.9 Å². The molecule has 3 nitrogen and oxygen atoms in total. The molecule has 0 amide bonds. The molecule has 1 saturated carbocycles. The van der Waals surface area contributed by atoms with Crippen LogP contribution in [0.15, 0.2) is 0 Å². The first-order chi connectivity index (χ1) is 5.81. The maximum absolute atomic E-state index is 11.1. The first-order valence-electron chi connectivity index (χ1n) is 4.62. The monoisotopic (exact) mass is 169 g/mol. The van der Waals surface area contributed by atoms with Gasteiger partial charge in [-0.3, -0.25) is 4.79 Å². The van der Waals surface area contributed by atoms with Crippen LogP contribution < -0.4 is 5.32 Å². The lowest BCUT2D eigenvalue weighted by Crippen LogP contribution is -2.23. The molecule has 2 rings (SSSR count). The first-order valence-corrected chi connectivity index (χ1v) is 4.62. The topological polar surface area (TPSA) is 38.3 Å². The third-order valence-corrected chi connectivity index (χ3v) is 2.89. The molecule has 0 spiro atoms. The molecule has 2 fully saturated rings. The van der Waals surface area contributed by atoms with Gasteiger partial charge in [0.15, 0.2) is 0 Å². The van der Waals surface area contributed by atoms with E-state index in [1.165, 1.54) is 20.0 Å². The van der Waals surface area contributed by atoms with E-state index >= 15 is 0 Å². The third-order valence-electron chi connectivity index (χ3n) is 2.89. The van der Waals surface area contributed by atoms with Crippen LogP contribution in [-0.4, -0.2) is 25.7 Å². The Bertz CT molecular complexity index is 189. The molecule has 2 atom stereocenters. The SMILES string of the molecule is COC(=O)C1CNC(C2CC2)C1. The number of rotatable bonds is 2. The summed E-state index contributed by atoms with van der Waals surface area (Å²) in [4.78, 5) is 11.1. The summed E-state index contributed by atoms with van der Waals surface area (Å²) in [5.74, 6) is 0.908. The number of carbonyl (C=O) groups is 1. The molecule has 1 heterocycles. The van der Waals surface area contributed by atoms with Crippen LogP contribution in [0, 0.1) is 11.8 Å². The maximum Gasteiger partial charge on any atom is 0.310 e. The zero-order valence-electron chi connectivity index (χ0n) is 7.38. The van der Waals surface area contributed by atoms with E-state index in [0.29, 0.717) is 6.04 Å². The minimum atomic E-state index is -0.0503. The molecule has 2 unspecified atom stereocenters. The standard InChI is InChI=1S/C9H15NO2/c1-12-9(11)7-4-8(10-5-7)6-2-3-6/h6-8,10H,2-5H2,1H3. The van der Waals surface area contributed by atoms with Gasteiger partial charge in [0.2, 0.25) is 0 Å². The summed E-state index contributed by atoms with van der Waals surface area (Å²) < 4.78 is 4.70. The van der Waals surface area contributed by atoms with Gasteiger partial charge in [-0.05, 0) is 25.2 Å². The summed E-state index contributed by atoms with van der Waals surface area (Å²) in [5, 5.41) is 3.38. The van der Waals surface area contributed by atoms with Gasteiger partial charge in [-0.15, -0.1) is 0 Å². The predicted octanol–water partition coefficient (Wildman–Crippen LogP) is 0.547. The summed E-state index contributed by atoms with van der Waals surface area (Å²) in [6.07, 6.45) is 3.66. The highest BCUT2D eigenvalue weighted by atomic mass is 16.5. The average Bonchev–Trinajstić information content (AvgIpc) is 2.83. The lowest BCUT2D eigenvalue weighted by Gasteiger charge is -2.07. The Kier molecular flexibility index (Phi) is 2.05. The largest absolute Gasteiger partial charge is 0.469 e. The van der Waals surface area contributed by atoms with Crippen molar-refractivity contribution >= 4 is 5.97 Å². The van der Waals surface area contributed by atoms with Crippen molar-refractivity contribution in [2.75, 3.05) is 13.7 Å². The number of nitrogens with one attached hydrogen (secondary N) is 1. The van der Waals surface area contributed by atoms with Crippen LogP contribution in [0.5, 0.6) is 0 Å².